The highest BCUT2D eigenvalue weighted by Crippen LogP contribution is 2.50. The van der Waals surface area contributed by atoms with Crippen molar-refractivity contribution in [1.82, 2.24) is 4.31 Å². The van der Waals surface area contributed by atoms with Crippen LogP contribution in [0.1, 0.15) is 28.3 Å². The summed E-state index contributed by atoms with van der Waals surface area (Å²) in [6.45, 7) is 3.75. The van der Waals surface area contributed by atoms with Gasteiger partial charge >= 0.3 is 11.9 Å². The van der Waals surface area contributed by atoms with Gasteiger partial charge in [-0.15, -0.1) is 0 Å². The third-order valence-corrected chi connectivity index (χ3v) is 9.10. The minimum Gasteiger partial charge on any atom is -0.465 e. The van der Waals surface area contributed by atoms with Crippen molar-refractivity contribution >= 4 is 50.1 Å². The molecule has 3 aromatic rings. The average molecular weight is 643 g/mol. The third kappa shape index (κ3) is 5.00. The van der Waals surface area contributed by atoms with Gasteiger partial charge in [0.25, 0.3) is 10.0 Å². The van der Waals surface area contributed by atoms with E-state index >= 15 is 0 Å². The summed E-state index contributed by atoms with van der Waals surface area (Å²) < 4.78 is 40.4. The van der Waals surface area contributed by atoms with Gasteiger partial charge in [0, 0.05) is 9.15 Å². The lowest BCUT2D eigenvalue weighted by Gasteiger charge is -2.39. The van der Waals surface area contributed by atoms with Crippen molar-refractivity contribution in [3.63, 3.8) is 0 Å². The number of methoxy groups -OCH3 is 2. The summed E-state index contributed by atoms with van der Waals surface area (Å²) in [7, 11) is -2.04. The highest BCUT2D eigenvalue weighted by molar-refractivity contribution is 14.1. The Labute approximate surface area is 236 Å². The number of sulfonamides is 1. The predicted octanol–water partition coefficient (Wildman–Crippen LogP) is 5.50. The van der Waals surface area contributed by atoms with Crippen LogP contribution in [0.2, 0.25) is 0 Å². The SMILES string of the molecule is COC(=O)C1=C(C(=O)OC)N(S(=O)(=O)c2ccc(C)cc2)C(c2ccccc2)C(I)=C1c1cccc(C)c1. The number of benzene rings is 3. The van der Waals surface area contributed by atoms with Crippen LogP contribution in [0.25, 0.3) is 5.57 Å². The van der Waals surface area contributed by atoms with E-state index in [9.17, 15) is 18.0 Å². The maximum absolute atomic E-state index is 14.3. The van der Waals surface area contributed by atoms with E-state index in [1.54, 1.807) is 36.4 Å². The van der Waals surface area contributed by atoms with Crippen molar-refractivity contribution in [2.45, 2.75) is 24.8 Å². The topological polar surface area (TPSA) is 90.0 Å². The maximum atomic E-state index is 14.3. The first kappa shape index (κ1) is 27.6. The van der Waals surface area contributed by atoms with Gasteiger partial charge in [0.1, 0.15) is 11.6 Å². The summed E-state index contributed by atoms with van der Waals surface area (Å²) in [6, 6.07) is 21.8. The lowest BCUT2D eigenvalue weighted by molar-refractivity contribution is -0.140. The Balaban J connectivity index is 2.17. The van der Waals surface area contributed by atoms with Gasteiger partial charge < -0.3 is 9.47 Å². The molecule has 3 aromatic carbocycles. The number of hydrogen-bond donors (Lipinski definition) is 0. The number of carbonyl (C=O) groups is 2. The highest BCUT2D eigenvalue weighted by Gasteiger charge is 2.47. The maximum Gasteiger partial charge on any atom is 0.356 e. The lowest BCUT2D eigenvalue weighted by atomic mass is 9.88. The zero-order chi connectivity index (χ0) is 27.6. The largest absolute Gasteiger partial charge is 0.465 e. The molecule has 0 saturated heterocycles. The number of aryl methyl sites for hydroxylation is 2. The van der Waals surface area contributed by atoms with Crippen molar-refractivity contribution in [3.8, 4) is 0 Å². The van der Waals surface area contributed by atoms with Gasteiger partial charge in [0.15, 0.2) is 5.70 Å². The van der Waals surface area contributed by atoms with E-state index in [-0.39, 0.29) is 10.5 Å². The zero-order valence-electron chi connectivity index (χ0n) is 21.3. The first-order chi connectivity index (χ1) is 18.1. The molecule has 1 aliphatic rings. The van der Waals surface area contributed by atoms with E-state index in [0.717, 1.165) is 22.5 Å². The van der Waals surface area contributed by atoms with Crippen LogP contribution in [-0.4, -0.2) is 38.9 Å². The Morgan fingerprint density at radius 1 is 0.816 bits per heavy atom. The molecule has 1 heterocycles. The number of carbonyl (C=O) groups excluding carboxylic acids is 2. The number of nitrogens with zero attached hydrogens (tertiary/aromatic N) is 1. The van der Waals surface area contributed by atoms with E-state index < -0.39 is 33.7 Å². The minimum atomic E-state index is -4.37. The van der Waals surface area contributed by atoms with Crippen LogP contribution < -0.4 is 0 Å². The summed E-state index contributed by atoms with van der Waals surface area (Å²) in [6.07, 6.45) is 0. The summed E-state index contributed by atoms with van der Waals surface area (Å²) in [5.41, 5.74) is 2.87. The van der Waals surface area contributed by atoms with Crippen molar-refractivity contribution in [2.24, 2.45) is 0 Å². The molecule has 0 N–H and O–H groups in total. The molecule has 9 heteroatoms. The number of halogens is 1. The zero-order valence-corrected chi connectivity index (χ0v) is 24.2. The molecule has 0 aliphatic carbocycles. The summed E-state index contributed by atoms with van der Waals surface area (Å²) >= 11 is 2.07. The van der Waals surface area contributed by atoms with E-state index in [2.05, 4.69) is 22.6 Å². The van der Waals surface area contributed by atoms with Crippen LogP contribution >= 0.6 is 22.6 Å². The molecule has 196 valence electrons. The van der Waals surface area contributed by atoms with Gasteiger partial charge in [-0.1, -0.05) is 77.9 Å². The molecule has 4 rings (SSSR count). The van der Waals surface area contributed by atoms with E-state index in [0.29, 0.717) is 20.3 Å². The third-order valence-electron chi connectivity index (χ3n) is 6.19. The van der Waals surface area contributed by atoms with Gasteiger partial charge in [0.2, 0.25) is 0 Å². The highest BCUT2D eigenvalue weighted by atomic mass is 127. The fraction of sp³-hybridized carbons (Fsp3) is 0.172. The normalized spacial score (nSPS) is 15.9. The van der Waals surface area contributed by atoms with Crippen LogP contribution in [0.4, 0.5) is 0 Å². The molecule has 0 aromatic heterocycles. The lowest BCUT2D eigenvalue weighted by Crippen LogP contribution is -2.42. The standard InChI is InChI=1S/C29H26INO6S/c1-18-13-15-22(16-14-18)38(34,35)31-26(20-10-6-5-7-11-20)25(30)23(21-12-8-9-19(2)17-21)24(28(32)36-3)27(31)29(33)37-4/h5-17,26H,1-4H3. The first-order valence-electron chi connectivity index (χ1n) is 11.7. The number of rotatable bonds is 6. The molecule has 0 amide bonds. The van der Waals surface area contributed by atoms with Crippen LogP contribution in [0, 0.1) is 13.8 Å². The van der Waals surface area contributed by atoms with Crippen molar-refractivity contribution < 1.29 is 27.5 Å². The van der Waals surface area contributed by atoms with Crippen LogP contribution in [-0.2, 0) is 29.1 Å². The Morgan fingerprint density at radius 3 is 2.03 bits per heavy atom. The molecule has 0 saturated carbocycles. The molecular weight excluding hydrogens is 617 g/mol. The molecular formula is C29H26INO6S. The van der Waals surface area contributed by atoms with Gasteiger partial charge in [-0.25, -0.2) is 22.3 Å². The fourth-order valence-corrected chi connectivity index (χ4v) is 7.42. The number of esters is 2. The van der Waals surface area contributed by atoms with Crippen molar-refractivity contribution in [1.29, 1.82) is 0 Å². The second kappa shape index (κ2) is 11.1. The molecule has 7 nitrogen and oxygen atoms in total. The quantitative estimate of drug-likeness (QED) is 0.261. The molecule has 0 fully saturated rings. The smallest absolute Gasteiger partial charge is 0.356 e. The number of ether oxygens (including phenoxy) is 2. The van der Waals surface area contributed by atoms with Crippen LogP contribution in [0.15, 0.2) is 98.6 Å². The molecule has 1 aliphatic heterocycles. The Morgan fingerprint density at radius 2 is 1.45 bits per heavy atom. The van der Waals surface area contributed by atoms with Crippen LogP contribution in [0.5, 0.6) is 0 Å². The van der Waals surface area contributed by atoms with E-state index in [4.69, 9.17) is 9.47 Å². The molecule has 0 radical (unpaired) electrons. The average Bonchev–Trinajstić information content (AvgIpc) is 2.92. The minimum absolute atomic E-state index is 0.0298. The Kier molecular flexibility index (Phi) is 8.08. The Bertz CT molecular complexity index is 1560. The number of hydrogen-bond acceptors (Lipinski definition) is 6. The van der Waals surface area contributed by atoms with Gasteiger partial charge in [-0.2, -0.15) is 0 Å². The van der Waals surface area contributed by atoms with Crippen molar-refractivity contribution in [2.75, 3.05) is 14.2 Å². The fourth-order valence-electron chi connectivity index (χ4n) is 4.39. The monoisotopic (exact) mass is 643 g/mol. The Hall–Kier alpha value is -3.44. The van der Waals surface area contributed by atoms with Crippen LogP contribution in [0.3, 0.4) is 0 Å². The van der Waals surface area contributed by atoms with Crippen molar-refractivity contribution in [3.05, 3.63) is 116 Å². The second-order valence-corrected chi connectivity index (χ2v) is 11.7. The second-order valence-electron chi connectivity index (χ2n) is 8.73. The molecule has 0 spiro atoms. The predicted molar refractivity (Wildman–Crippen MR) is 153 cm³/mol. The summed E-state index contributed by atoms with van der Waals surface area (Å²) in [4.78, 5) is 26.8. The first-order valence-corrected chi connectivity index (χ1v) is 14.2. The molecule has 0 bridgehead atoms. The van der Waals surface area contributed by atoms with Gasteiger partial charge in [-0.05, 0) is 59.7 Å². The van der Waals surface area contributed by atoms with E-state index in [1.165, 1.54) is 19.2 Å². The molecule has 38 heavy (non-hydrogen) atoms. The summed E-state index contributed by atoms with van der Waals surface area (Å²) in [5.74, 6) is -1.83. The molecule has 1 unspecified atom stereocenters. The molecule has 1 atom stereocenters. The van der Waals surface area contributed by atoms with Gasteiger partial charge in [0.05, 0.1) is 19.1 Å². The summed E-state index contributed by atoms with van der Waals surface area (Å²) in [5, 5.41) is 0. The van der Waals surface area contributed by atoms with Gasteiger partial charge in [-0.3, -0.25) is 0 Å². The van der Waals surface area contributed by atoms with E-state index in [1.807, 2.05) is 44.2 Å².